The summed E-state index contributed by atoms with van der Waals surface area (Å²) in [7, 11) is 1.73. The van der Waals surface area contributed by atoms with Crippen molar-refractivity contribution in [2.45, 2.75) is 37.7 Å². The van der Waals surface area contributed by atoms with Crippen LogP contribution >= 0.6 is 0 Å². The summed E-state index contributed by atoms with van der Waals surface area (Å²) in [4.78, 5) is 11.8. The molecule has 0 bridgehead atoms. The Morgan fingerprint density at radius 2 is 2.24 bits per heavy atom. The summed E-state index contributed by atoms with van der Waals surface area (Å²) in [5, 5.41) is 17.0. The zero-order chi connectivity index (χ0) is 12.3. The zero-order valence-corrected chi connectivity index (χ0v) is 10.1. The van der Waals surface area contributed by atoms with Gasteiger partial charge in [0.2, 0.25) is 0 Å². The fourth-order valence-electron chi connectivity index (χ4n) is 2.32. The smallest absolute Gasteiger partial charge is 0.269 e. The van der Waals surface area contributed by atoms with E-state index >= 15 is 0 Å². The number of aryl methyl sites for hydroxylation is 1. The molecule has 1 heterocycles. The second-order valence-electron chi connectivity index (χ2n) is 4.81. The highest BCUT2D eigenvalue weighted by molar-refractivity contribution is 5.92. The SMILES string of the molecule is Cn1nccc1C(=O)NCC1(O)CCCCC1. The molecule has 0 aliphatic heterocycles. The molecule has 2 N–H and O–H groups in total. The van der Waals surface area contributed by atoms with E-state index in [4.69, 9.17) is 0 Å². The monoisotopic (exact) mass is 237 g/mol. The Morgan fingerprint density at radius 1 is 1.53 bits per heavy atom. The van der Waals surface area contributed by atoms with Crippen molar-refractivity contribution in [3.05, 3.63) is 18.0 Å². The minimum atomic E-state index is -0.716. The van der Waals surface area contributed by atoms with Crippen LogP contribution in [0.2, 0.25) is 0 Å². The second-order valence-corrected chi connectivity index (χ2v) is 4.81. The van der Waals surface area contributed by atoms with Crippen molar-refractivity contribution in [2.24, 2.45) is 7.05 Å². The number of amides is 1. The van der Waals surface area contributed by atoms with Crippen molar-refractivity contribution in [3.63, 3.8) is 0 Å². The van der Waals surface area contributed by atoms with E-state index in [0.29, 0.717) is 12.2 Å². The molecule has 0 unspecified atom stereocenters. The van der Waals surface area contributed by atoms with Gasteiger partial charge in [0.15, 0.2) is 0 Å². The highest BCUT2D eigenvalue weighted by Gasteiger charge is 2.29. The predicted molar refractivity (Wildman–Crippen MR) is 63.6 cm³/mol. The lowest BCUT2D eigenvalue weighted by molar-refractivity contribution is 0.00517. The molecule has 1 aromatic heterocycles. The molecule has 1 aromatic rings. The van der Waals surface area contributed by atoms with Crippen LogP contribution in [0.25, 0.3) is 0 Å². The summed E-state index contributed by atoms with van der Waals surface area (Å²) in [6.45, 7) is 0.330. The molecule has 0 atom stereocenters. The maximum absolute atomic E-state index is 11.8. The van der Waals surface area contributed by atoms with Gasteiger partial charge in [0.25, 0.3) is 5.91 Å². The van der Waals surface area contributed by atoms with Crippen LogP contribution in [0.3, 0.4) is 0 Å². The van der Waals surface area contributed by atoms with Crippen molar-refractivity contribution >= 4 is 5.91 Å². The molecule has 0 radical (unpaired) electrons. The number of rotatable bonds is 3. The van der Waals surface area contributed by atoms with Crippen LogP contribution < -0.4 is 5.32 Å². The quantitative estimate of drug-likeness (QED) is 0.818. The van der Waals surface area contributed by atoms with Gasteiger partial charge in [-0.15, -0.1) is 0 Å². The fourth-order valence-corrected chi connectivity index (χ4v) is 2.32. The van der Waals surface area contributed by atoms with Crippen molar-refractivity contribution in [2.75, 3.05) is 6.54 Å². The number of hydrogen-bond donors (Lipinski definition) is 2. The van der Waals surface area contributed by atoms with Crippen molar-refractivity contribution in [1.29, 1.82) is 0 Å². The van der Waals surface area contributed by atoms with Crippen molar-refractivity contribution in [1.82, 2.24) is 15.1 Å². The lowest BCUT2D eigenvalue weighted by Gasteiger charge is -2.32. The Hall–Kier alpha value is -1.36. The normalized spacial score (nSPS) is 18.9. The molecule has 1 amide bonds. The third kappa shape index (κ3) is 2.85. The molecule has 5 nitrogen and oxygen atoms in total. The number of hydrogen-bond acceptors (Lipinski definition) is 3. The Balaban J connectivity index is 1.90. The zero-order valence-electron chi connectivity index (χ0n) is 10.1. The van der Waals surface area contributed by atoms with Crippen LogP contribution in [0, 0.1) is 0 Å². The standard InChI is InChI=1S/C12H19N3O2/c1-15-10(5-8-14-15)11(16)13-9-12(17)6-3-2-4-7-12/h5,8,17H,2-4,6-7,9H2,1H3,(H,13,16). The Kier molecular flexibility index (Phi) is 3.47. The molecule has 0 aromatic carbocycles. The third-order valence-electron chi connectivity index (χ3n) is 3.42. The molecule has 94 valence electrons. The molecule has 17 heavy (non-hydrogen) atoms. The summed E-state index contributed by atoms with van der Waals surface area (Å²) < 4.78 is 1.53. The van der Waals surface area contributed by atoms with E-state index in [1.807, 2.05) is 0 Å². The number of aliphatic hydroxyl groups is 1. The van der Waals surface area contributed by atoms with E-state index in [0.717, 1.165) is 25.7 Å². The first kappa shape index (κ1) is 12.1. The van der Waals surface area contributed by atoms with E-state index in [9.17, 15) is 9.90 Å². The number of nitrogens with zero attached hydrogens (tertiary/aromatic N) is 2. The molecular formula is C12H19N3O2. The van der Waals surface area contributed by atoms with Gasteiger partial charge in [-0.05, 0) is 18.9 Å². The van der Waals surface area contributed by atoms with Gasteiger partial charge in [-0.2, -0.15) is 5.10 Å². The average Bonchev–Trinajstić information content (AvgIpc) is 2.74. The molecule has 1 aliphatic carbocycles. The van der Waals surface area contributed by atoms with Crippen LogP contribution in [0.4, 0.5) is 0 Å². The largest absolute Gasteiger partial charge is 0.388 e. The molecule has 0 spiro atoms. The first-order valence-electron chi connectivity index (χ1n) is 6.09. The van der Waals surface area contributed by atoms with E-state index in [-0.39, 0.29) is 5.91 Å². The molecule has 0 saturated heterocycles. The number of carbonyl (C=O) groups excluding carboxylic acids is 1. The predicted octanol–water partition coefficient (Wildman–Crippen LogP) is 0.845. The summed E-state index contributed by atoms with van der Waals surface area (Å²) in [6.07, 6.45) is 6.40. The van der Waals surface area contributed by atoms with E-state index in [2.05, 4.69) is 10.4 Å². The van der Waals surface area contributed by atoms with Gasteiger partial charge < -0.3 is 10.4 Å². The maximum atomic E-state index is 11.8. The minimum absolute atomic E-state index is 0.177. The van der Waals surface area contributed by atoms with Crippen molar-refractivity contribution < 1.29 is 9.90 Å². The third-order valence-corrected chi connectivity index (χ3v) is 3.42. The summed E-state index contributed by atoms with van der Waals surface area (Å²) in [5.41, 5.74) is -0.198. The van der Waals surface area contributed by atoms with Crippen LogP contribution in [-0.2, 0) is 7.05 Å². The lowest BCUT2D eigenvalue weighted by atomic mass is 9.85. The Labute approximate surface area is 101 Å². The van der Waals surface area contributed by atoms with Crippen LogP contribution in [0.5, 0.6) is 0 Å². The first-order valence-corrected chi connectivity index (χ1v) is 6.09. The van der Waals surface area contributed by atoms with Crippen LogP contribution in [0.15, 0.2) is 12.3 Å². The van der Waals surface area contributed by atoms with Crippen LogP contribution in [-0.4, -0.2) is 32.9 Å². The lowest BCUT2D eigenvalue weighted by Crippen LogP contribution is -2.44. The molecule has 1 aliphatic rings. The van der Waals surface area contributed by atoms with Gasteiger partial charge >= 0.3 is 0 Å². The first-order chi connectivity index (χ1) is 8.11. The topological polar surface area (TPSA) is 67.2 Å². The molecule has 2 rings (SSSR count). The van der Waals surface area contributed by atoms with Gasteiger partial charge in [-0.3, -0.25) is 9.48 Å². The number of aromatic nitrogens is 2. The fraction of sp³-hybridized carbons (Fsp3) is 0.667. The molecular weight excluding hydrogens is 218 g/mol. The molecule has 1 saturated carbocycles. The molecule has 5 heteroatoms. The Bertz CT molecular complexity index is 394. The summed E-state index contributed by atoms with van der Waals surface area (Å²) >= 11 is 0. The van der Waals surface area contributed by atoms with E-state index < -0.39 is 5.60 Å². The average molecular weight is 237 g/mol. The van der Waals surface area contributed by atoms with E-state index in [1.54, 1.807) is 19.3 Å². The van der Waals surface area contributed by atoms with Crippen LogP contribution in [0.1, 0.15) is 42.6 Å². The van der Waals surface area contributed by atoms with Gasteiger partial charge in [-0.1, -0.05) is 19.3 Å². The highest BCUT2D eigenvalue weighted by Crippen LogP contribution is 2.27. The second kappa shape index (κ2) is 4.87. The minimum Gasteiger partial charge on any atom is -0.388 e. The Morgan fingerprint density at radius 3 is 2.82 bits per heavy atom. The van der Waals surface area contributed by atoms with Gasteiger partial charge in [-0.25, -0.2) is 0 Å². The number of carbonyl (C=O) groups is 1. The van der Waals surface area contributed by atoms with Gasteiger partial charge in [0.1, 0.15) is 5.69 Å². The molecule has 1 fully saturated rings. The number of nitrogens with one attached hydrogen (secondary N) is 1. The highest BCUT2D eigenvalue weighted by atomic mass is 16.3. The van der Waals surface area contributed by atoms with Gasteiger partial charge in [0, 0.05) is 19.8 Å². The summed E-state index contributed by atoms with van der Waals surface area (Å²) in [5.74, 6) is -0.177. The van der Waals surface area contributed by atoms with Crippen molar-refractivity contribution in [3.8, 4) is 0 Å². The summed E-state index contributed by atoms with van der Waals surface area (Å²) in [6, 6.07) is 1.67. The van der Waals surface area contributed by atoms with Gasteiger partial charge in [0.05, 0.1) is 5.60 Å². The van der Waals surface area contributed by atoms with E-state index in [1.165, 1.54) is 11.1 Å². The maximum Gasteiger partial charge on any atom is 0.269 e.